The Hall–Kier alpha value is -2.81. The summed E-state index contributed by atoms with van der Waals surface area (Å²) in [5.74, 6) is 2.15. The van der Waals surface area contributed by atoms with E-state index in [9.17, 15) is 0 Å². The number of rotatable bonds is 8. The fraction of sp³-hybridized carbons (Fsp3) is 0.217. The topological polar surface area (TPSA) is 67.8 Å². The van der Waals surface area contributed by atoms with Crippen LogP contribution in [0.25, 0.3) is 0 Å². The van der Waals surface area contributed by atoms with E-state index in [2.05, 4.69) is 20.6 Å². The maximum Gasteiger partial charge on any atom is 0.218 e. The molecule has 6 nitrogen and oxygen atoms in total. The van der Waals surface area contributed by atoms with Gasteiger partial charge < -0.3 is 20.1 Å². The monoisotopic (exact) mass is 518 g/mol. The molecular weight excluding hydrogens is 491 g/mol. The van der Waals surface area contributed by atoms with E-state index in [1.165, 1.54) is 0 Å². The standard InChI is InChI=1S/C23H26N4O2.HI/c1-24-23(26-15-19-10-6-12-21(14-19)28-2)27-16-20-11-7-13-25-22(20)29-17-18-8-4-3-5-9-18;/h3-14H,15-17H2,1-2H3,(H2,24,26,27);1H. The first kappa shape index (κ1) is 23.5. The largest absolute Gasteiger partial charge is 0.497 e. The van der Waals surface area contributed by atoms with Crippen LogP contribution in [0.1, 0.15) is 16.7 Å². The van der Waals surface area contributed by atoms with Gasteiger partial charge >= 0.3 is 0 Å². The van der Waals surface area contributed by atoms with Crippen LogP contribution in [0.2, 0.25) is 0 Å². The zero-order valence-corrected chi connectivity index (χ0v) is 19.5. The molecule has 158 valence electrons. The number of hydrogen-bond acceptors (Lipinski definition) is 4. The van der Waals surface area contributed by atoms with Gasteiger partial charge in [-0.3, -0.25) is 4.99 Å². The first-order chi connectivity index (χ1) is 14.3. The van der Waals surface area contributed by atoms with Gasteiger partial charge in [-0.05, 0) is 29.3 Å². The highest BCUT2D eigenvalue weighted by atomic mass is 127. The number of methoxy groups -OCH3 is 1. The number of guanidine groups is 1. The summed E-state index contributed by atoms with van der Waals surface area (Å²) >= 11 is 0. The summed E-state index contributed by atoms with van der Waals surface area (Å²) in [5, 5.41) is 6.62. The van der Waals surface area contributed by atoms with Gasteiger partial charge in [0.2, 0.25) is 5.88 Å². The van der Waals surface area contributed by atoms with Crippen molar-refractivity contribution in [3.05, 3.63) is 89.6 Å². The molecule has 0 spiro atoms. The fourth-order valence-corrected chi connectivity index (χ4v) is 2.78. The summed E-state index contributed by atoms with van der Waals surface area (Å²) in [6.45, 7) is 1.67. The number of hydrogen-bond donors (Lipinski definition) is 2. The van der Waals surface area contributed by atoms with Crippen LogP contribution in [0.5, 0.6) is 11.6 Å². The van der Waals surface area contributed by atoms with Crippen molar-refractivity contribution >= 4 is 29.9 Å². The summed E-state index contributed by atoms with van der Waals surface area (Å²) in [7, 11) is 3.41. The number of nitrogens with zero attached hydrogens (tertiary/aromatic N) is 2. The van der Waals surface area contributed by atoms with Crippen LogP contribution in [0, 0.1) is 0 Å². The van der Waals surface area contributed by atoms with Crippen LogP contribution >= 0.6 is 24.0 Å². The van der Waals surface area contributed by atoms with Crippen molar-refractivity contribution in [2.75, 3.05) is 14.2 Å². The number of nitrogens with one attached hydrogen (secondary N) is 2. The Balaban J connectivity index is 0.00000320. The third-order valence-corrected chi connectivity index (χ3v) is 4.33. The van der Waals surface area contributed by atoms with Gasteiger partial charge in [0.15, 0.2) is 5.96 Å². The Morgan fingerprint density at radius 1 is 0.933 bits per heavy atom. The van der Waals surface area contributed by atoms with E-state index >= 15 is 0 Å². The molecule has 0 aliphatic heterocycles. The molecule has 0 amide bonds. The SMILES string of the molecule is CN=C(NCc1cccc(OC)c1)NCc1cccnc1OCc1ccccc1.I. The molecule has 0 unspecified atom stereocenters. The molecule has 0 saturated carbocycles. The lowest BCUT2D eigenvalue weighted by Crippen LogP contribution is -2.36. The van der Waals surface area contributed by atoms with E-state index in [0.717, 1.165) is 22.4 Å². The molecule has 3 rings (SSSR count). The summed E-state index contributed by atoms with van der Waals surface area (Å²) in [6, 6.07) is 21.9. The van der Waals surface area contributed by atoms with Gasteiger partial charge in [-0.25, -0.2) is 4.98 Å². The summed E-state index contributed by atoms with van der Waals surface area (Å²) in [5.41, 5.74) is 3.18. The average Bonchev–Trinajstić information content (AvgIpc) is 2.79. The number of halogens is 1. The first-order valence-corrected chi connectivity index (χ1v) is 9.46. The molecule has 7 heteroatoms. The molecule has 1 aromatic heterocycles. The average molecular weight is 518 g/mol. The lowest BCUT2D eigenvalue weighted by atomic mass is 10.2. The van der Waals surface area contributed by atoms with E-state index in [1.54, 1.807) is 20.4 Å². The minimum atomic E-state index is 0. The third-order valence-electron chi connectivity index (χ3n) is 4.33. The molecule has 0 atom stereocenters. The Labute approximate surface area is 194 Å². The van der Waals surface area contributed by atoms with E-state index < -0.39 is 0 Å². The highest BCUT2D eigenvalue weighted by Crippen LogP contribution is 2.16. The first-order valence-electron chi connectivity index (χ1n) is 9.46. The van der Waals surface area contributed by atoms with Crippen LogP contribution in [-0.2, 0) is 19.7 Å². The smallest absolute Gasteiger partial charge is 0.218 e. The number of benzene rings is 2. The normalized spacial score (nSPS) is 10.7. The highest BCUT2D eigenvalue weighted by molar-refractivity contribution is 14.0. The van der Waals surface area contributed by atoms with Crippen LogP contribution in [0.15, 0.2) is 77.9 Å². The second kappa shape index (κ2) is 12.7. The Bertz CT molecular complexity index is 935. The summed E-state index contributed by atoms with van der Waals surface area (Å²) in [4.78, 5) is 8.66. The fourth-order valence-electron chi connectivity index (χ4n) is 2.78. The molecule has 2 aromatic carbocycles. The lowest BCUT2D eigenvalue weighted by Gasteiger charge is -2.14. The molecule has 30 heavy (non-hydrogen) atoms. The van der Waals surface area contributed by atoms with Gasteiger partial charge in [-0.15, -0.1) is 24.0 Å². The number of pyridine rings is 1. The van der Waals surface area contributed by atoms with Crippen molar-refractivity contribution in [3.63, 3.8) is 0 Å². The highest BCUT2D eigenvalue weighted by Gasteiger charge is 2.07. The second-order valence-electron chi connectivity index (χ2n) is 6.37. The minimum Gasteiger partial charge on any atom is -0.497 e. The molecular formula is C23H27IN4O2. The third kappa shape index (κ3) is 7.22. The van der Waals surface area contributed by atoms with Gasteiger partial charge in [-0.2, -0.15) is 0 Å². The van der Waals surface area contributed by atoms with E-state index in [4.69, 9.17) is 9.47 Å². The van der Waals surface area contributed by atoms with Gasteiger partial charge in [0.1, 0.15) is 12.4 Å². The maximum absolute atomic E-state index is 5.92. The van der Waals surface area contributed by atoms with Gasteiger partial charge in [-0.1, -0.05) is 48.5 Å². The van der Waals surface area contributed by atoms with Crippen LogP contribution in [0.3, 0.4) is 0 Å². The molecule has 0 radical (unpaired) electrons. The van der Waals surface area contributed by atoms with Crippen molar-refractivity contribution < 1.29 is 9.47 Å². The second-order valence-corrected chi connectivity index (χ2v) is 6.37. The van der Waals surface area contributed by atoms with Crippen molar-refractivity contribution in [3.8, 4) is 11.6 Å². The molecule has 2 N–H and O–H groups in total. The molecule has 0 fully saturated rings. The van der Waals surface area contributed by atoms with Crippen molar-refractivity contribution in [1.82, 2.24) is 15.6 Å². The molecule has 0 bridgehead atoms. The van der Waals surface area contributed by atoms with E-state index in [1.807, 2.05) is 66.7 Å². The predicted molar refractivity (Wildman–Crippen MR) is 130 cm³/mol. The number of aromatic nitrogens is 1. The van der Waals surface area contributed by atoms with Crippen LogP contribution in [-0.4, -0.2) is 25.1 Å². The van der Waals surface area contributed by atoms with Gasteiger partial charge in [0.25, 0.3) is 0 Å². The van der Waals surface area contributed by atoms with E-state index in [0.29, 0.717) is 31.5 Å². The van der Waals surface area contributed by atoms with Crippen molar-refractivity contribution in [1.29, 1.82) is 0 Å². The number of ether oxygens (including phenoxy) is 2. The van der Waals surface area contributed by atoms with Crippen LogP contribution in [0.4, 0.5) is 0 Å². The van der Waals surface area contributed by atoms with Gasteiger partial charge in [0, 0.05) is 31.9 Å². The maximum atomic E-state index is 5.92. The van der Waals surface area contributed by atoms with E-state index in [-0.39, 0.29) is 24.0 Å². The van der Waals surface area contributed by atoms with Crippen LogP contribution < -0.4 is 20.1 Å². The molecule has 0 saturated heterocycles. The Kier molecular flexibility index (Phi) is 9.93. The summed E-state index contributed by atoms with van der Waals surface area (Å²) < 4.78 is 11.2. The van der Waals surface area contributed by atoms with Crippen molar-refractivity contribution in [2.45, 2.75) is 19.7 Å². The Morgan fingerprint density at radius 3 is 2.47 bits per heavy atom. The molecule has 0 aliphatic carbocycles. The zero-order chi connectivity index (χ0) is 20.3. The predicted octanol–water partition coefficient (Wildman–Crippen LogP) is 4.15. The number of aliphatic imine (C=N–C) groups is 1. The zero-order valence-electron chi connectivity index (χ0n) is 17.2. The molecule has 3 aromatic rings. The van der Waals surface area contributed by atoms with Crippen molar-refractivity contribution in [2.24, 2.45) is 4.99 Å². The lowest BCUT2D eigenvalue weighted by molar-refractivity contribution is 0.290. The summed E-state index contributed by atoms with van der Waals surface area (Å²) in [6.07, 6.45) is 1.74. The quantitative estimate of drug-likeness (QED) is 0.267. The minimum absolute atomic E-state index is 0. The Morgan fingerprint density at radius 2 is 1.70 bits per heavy atom. The molecule has 0 aliphatic rings. The molecule has 1 heterocycles. The van der Waals surface area contributed by atoms with Gasteiger partial charge in [0.05, 0.1) is 7.11 Å².